The Morgan fingerprint density at radius 1 is 1.20 bits per heavy atom. The summed E-state index contributed by atoms with van der Waals surface area (Å²) >= 11 is 0. The Bertz CT molecular complexity index is 162. The summed E-state index contributed by atoms with van der Waals surface area (Å²) in [6.45, 7) is 10.0. The quantitative estimate of drug-likeness (QED) is 0.453. The Hall–Kier alpha value is -0.340. The zero-order valence-corrected chi connectivity index (χ0v) is 10.9. The number of unbranched alkanes of at least 4 members (excludes halogenated alkanes) is 1. The first-order valence-electron chi connectivity index (χ1n) is 6.17. The number of allylic oxidation sites excluding steroid dienone is 1. The molecule has 90 valence electrons. The van der Waals surface area contributed by atoms with Crippen LogP contribution in [0.4, 0.5) is 0 Å². The van der Waals surface area contributed by atoms with E-state index >= 15 is 0 Å². The van der Waals surface area contributed by atoms with Gasteiger partial charge in [0, 0.05) is 6.54 Å². The van der Waals surface area contributed by atoms with Crippen molar-refractivity contribution < 1.29 is 0 Å². The number of nitrogens with one attached hydrogen (secondary N) is 2. The maximum Gasteiger partial charge on any atom is 0.0161 e. The molecule has 15 heavy (non-hydrogen) atoms. The third-order valence-electron chi connectivity index (χ3n) is 2.37. The van der Waals surface area contributed by atoms with Crippen LogP contribution in [-0.2, 0) is 0 Å². The molecule has 0 bridgehead atoms. The minimum atomic E-state index is 0.774. The van der Waals surface area contributed by atoms with Crippen molar-refractivity contribution >= 4 is 0 Å². The van der Waals surface area contributed by atoms with Crippen LogP contribution in [0.3, 0.4) is 0 Å². The van der Waals surface area contributed by atoms with Crippen molar-refractivity contribution in [1.82, 2.24) is 10.6 Å². The van der Waals surface area contributed by atoms with Gasteiger partial charge in [0.1, 0.15) is 0 Å². The van der Waals surface area contributed by atoms with Gasteiger partial charge in [0.05, 0.1) is 0 Å². The molecule has 0 aliphatic carbocycles. The average Bonchev–Trinajstić information content (AvgIpc) is 2.20. The van der Waals surface area contributed by atoms with E-state index in [4.69, 9.17) is 0 Å². The van der Waals surface area contributed by atoms with Crippen LogP contribution in [0.2, 0.25) is 0 Å². The Kier molecular flexibility index (Phi) is 9.96. The van der Waals surface area contributed by atoms with Gasteiger partial charge in [0.2, 0.25) is 0 Å². The monoisotopic (exact) mass is 212 g/mol. The number of rotatable bonds is 9. The predicted molar refractivity (Wildman–Crippen MR) is 69.2 cm³/mol. The van der Waals surface area contributed by atoms with Crippen molar-refractivity contribution in [3.8, 4) is 0 Å². The first kappa shape index (κ1) is 14.7. The van der Waals surface area contributed by atoms with E-state index in [2.05, 4.69) is 37.5 Å². The molecule has 0 aromatic carbocycles. The molecule has 0 saturated heterocycles. The predicted octanol–water partition coefficient (Wildman–Crippen LogP) is 2.57. The molecule has 2 nitrogen and oxygen atoms in total. The van der Waals surface area contributed by atoms with Crippen LogP contribution >= 0.6 is 0 Å². The van der Waals surface area contributed by atoms with E-state index in [0.29, 0.717) is 0 Å². The molecule has 0 heterocycles. The van der Waals surface area contributed by atoms with Crippen molar-refractivity contribution in [2.45, 2.75) is 40.0 Å². The average molecular weight is 212 g/mol. The van der Waals surface area contributed by atoms with Gasteiger partial charge in [0.15, 0.2) is 0 Å². The normalized spacial score (nSPS) is 12.5. The van der Waals surface area contributed by atoms with Crippen LogP contribution in [0.5, 0.6) is 0 Å². The van der Waals surface area contributed by atoms with Gasteiger partial charge in [-0.2, -0.15) is 0 Å². The standard InChI is InChI=1S/C13H28N2/c1-12(2)7-8-13(3)11-15-10-6-5-9-14-4/h8,12,14-15H,5-7,9-11H2,1-4H3/b13-8+. The molecule has 0 unspecified atom stereocenters. The minimum Gasteiger partial charge on any atom is -0.320 e. The van der Waals surface area contributed by atoms with E-state index < -0.39 is 0 Å². The maximum atomic E-state index is 3.47. The highest BCUT2D eigenvalue weighted by atomic mass is 14.8. The molecule has 0 rings (SSSR count). The highest BCUT2D eigenvalue weighted by molar-refractivity contribution is 5.00. The minimum absolute atomic E-state index is 0.774. The van der Waals surface area contributed by atoms with Gasteiger partial charge in [-0.1, -0.05) is 25.5 Å². The van der Waals surface area contributed by atoms with Gasteiger partial charge in [-0.3, -0.25) is 0 Å². The fourth-order valence-electron chi connectivity index (χ4n) is 1.35. The molecule has 0 fully saturated rings. The molecule has 0 aromatic rings. The topological polar surface area (TPSA) is 24.1 Å². The Morgan fingerprint density at radius 3 is 2.47 bits per heavy atom. The van der Waals surface area contributed by atoms with Gasteiger partial charge in [0.25, 0.3) is 0 Å². The molecule has 0 spiro atoms. The molecule has 2 N–H and O–H groups in total. The maximum absolute atomic E-state index is 3.47. The molecule has 0 aliphatic rings. The first-order valence-corrected chi connectivity index (χ1v) is 6.17. The third-order valence-corrected chi connectivity index (χ3v) is 2.37. The fourth-order valence-corrected chi connectivity index (χ4v) is 1.35. The summed E-state index contributed by atoms with van der Waals surface area (Å²) in [7, 11) is 2.01. The van der Waals surface area contributed by atoms with Crippen molar-refractivity contribution in [1.29, 1.82) is 0 Å². The van der Waals surface area contributed by atoms with Crippen LogP contribution in [0.25, 0.3) is 0 Å². The fraction of sp³-hybridized carbons (Fsp3) is 0.846. The SMILES string of the molecule is CNCCCCNC/C(C)=C/CC(C)C. The van der Waals surface area contributed by atoms with Crippen molar-refractivity contribution in [2.75, 3.05) is 26.7 Å². The molecule has 2 heteroatoms. The van der Waals surface area contributed by atoms with E-state index in [9.17, 15) is 0 Å². The van der Waals surface area contributed by atoms with Crippen molar-refractivity contribution in [2.24, 2.45) is 5.92 Å². The van der Waals surface area contributed by atoms with E-state index in [1.54, 1.807) is 0 Å². The Balaban J connectivity index is 3.30. The van der Waals surface area contributed by atoms with E-state index in [-0.39, 0.29) is 0 Å². The third kappa shape index (κ3) is 11.6. The summed E-state index contributed by atoms with van der Waals surface area (Å²) in [4.78, 5) is 0. The number of hydrogen-bond donors (Lipinski definition) is 2. The highest BCUT2D eigenvalue weighted by Gasteiger charge is 1.93. The molecule has 0 atom stereocenters. The summed E-state index contributed by atoms with van der Waals surface area (Å²) in [5, 5.41) is 6.63. The van der Waals surface area contributed by atoms with E-state index in [0.717, 1.165) is 25.6 Å². The first-order chi connectivity index (χ1) is 7.16. The van der Waals surface area contributed by atoms with Gasteiger partial charge in [-0.05, 0) is 52.2 Å². The molecule has 0 aromatic heterocycles. The summed E-state index contributed by atoms with van der Waals surface area (Å²) in [6, 6.07) is 0. The second kappa shape index (κ2) is 10.2. The smallest absolute Gasteiger partial charge is 0.0161 e. The van der Waals surface area contributed by atoms with E-state index in [1.165, 1.54) is 24.8 Å². The Morgan fingerprint density at radius 2 is 1.87 bits per heavy atom. The zero-order chi connectivity index (χ0) is 11.5. The lowest BCUT2D eigenvalue weighted by Crippen LogP contribution is -2.19. The van der Waals surface area contributed by atoms with Crippen molar-refractivity contribution in [3.05, 3.63) is 11.6 Å². The zero-order valence-electron chi connectivity index (χ0n) is 10.9. The summed E-state index contributed by atoms with van der Waals surface area (Å²) < 4.78 is 0. The molecular weight excluding hydrogens is 184 g/mol. The van der Waals surface area contributed by atoms with Crippen LogP contribution in [0, 0.1) is 5.92 Å². The van der Waals surface area contributed by atoms with Crippen molar-refractivity contribution in [3.63, 3.8) is 0 Å². The Labute approximate surface area is 95.5 Å². The largest absolute Gasteiger partial charge is 0.320 e. The second-order valence-electron chi connectivity index (χ2n) is 4.67. The highest BCUT2D eigenvalue weighted by Crippen LogP contribution is 2.03. The lowest BCUT2D eigenvalue weighted by molar-refractivity contribution is 0.620. The summed E-state index contributed by atoms with van der Waals surface area (Å²) in [6.07, 6.45) is 6.08. The van der Waals surface area contributed by atoms with Crippen LogP contribution in [-0.4, -0.2) is 26.7 Å². The second-order valence-corrected chi connectivity index (χ2v) is 4.67. The molecule has 0 aliphatic heterocycles. The van der Waals surface area contributed by atoms with Crippen LogP contribution in [0.1, 0.15) is 40.0 Å². The molecule has 0 amide bonds. The van der Waals surface area contributed by atoms with Gasteiger partial charge < -0.3 is 10.6 Å². The van der Waals surface area contributed by atoms with E-state index in [1.807, 2.05) is 7.05 Å². The van der Waals surface area contributed by atoms with Gasteiger partial charge in [-0.25, -0.2) is 0 Å². The molecular formula is C13H28N2. The van der Waals surface area contributed by atoms with Gasteiger partial charge >= 0.3 is 0 Å². The lowest BCUT2D eigenvalue weighted by Gasteiger charge is -2.06. The van der Waals surface area contributed by atoms with Gasteiger partial charge in [-0.15, -0.1) is 0 Å². The summed E-state index contributed by atoms with van der Waals surface area (Å²) in [5.74, 6) is 0.774. The number of hydrogen-bond acceptors (Lipinski definition) is 2. The molecule has 0 saturated carbocycles. The molecule has 0 radical (unpaired) electrons. The van der Waals surface area contributed by atoms with Crippen LogP contribution in [0.15, 0.2) is 11.6 Å². The lowest BCUT2D eigenvalue weighted by atomic mass is 10.1. The summed E-state index contributed by atoms with van der Waals surface area (Å²) in [5.41, 5.74) is 1.47. The van der Waals surface area contributed by atoms with Crippen LogP contribution < -0.4 is 10.6 Å².